The molecule has 2 aromatic rings. The highest BCUT2D eigenvalue weighted by molar-refractivity contribution is 6.34. The van der Waals surface area contributed by atoms with E-state index < -0.39 is 0 Å². The highest BCUT2D eigenvalue weighted by Gasteiger charge is 2.10. The number of nitrogens with zero attached hydrogens (tertiary/aromatic N) is 3. The van der Waals surface area contributed by atoms with Crippen LogP contribution in [0, 0.1) is 13.8 Å². The predicted molar refractivity (Wildman–Crippen MR) is 52.5 cm³/mol. The Labute approximate surface area is 85.3 Å². The predicted octanol–water partition coefficient (Wildman–Crippen LogP) is 2.65. The van der Waals surface area contributed by atoms with E-state index in [1.165, 1.54) is 0 Å². The largest absolute Gasteiger partial charge is 0.216 e. The fourth-order valence-corrected chi connectivity index (χ4v) is 1.55. The third-order valence-electron chi connectivity index (χ3n) is 1.93. The van der Waals surface area contributed by atoms with Gasteiger partial charge in [0.05, 0.1) is 6.20 Å². The molecule has 2 heterocycles. The van der Waals surface area contributed by atoms with Gasteiger partial charge in [-0.05, 0) is 13.8 Å². The van der Waals surface area contributed by atoms with E-state index in [-0.39, 0.29) is 0 Å². The minimum absolute atomic E-state index is 0.432. The summed E-state index contributed by atoms with van der Waals surface area (Å²) in [6.07, 6.45) is 1.71. The van der Waals surface area contributed by atoms with Crippen LogP contribution in [-0.4, -0.2) is 14.6 Å². The zero-order chi connectivity index (χ0) is 9.59. The maximum atomic E-state index is 6.02. The average molecular weight is 216 g/mol. The fourth-order valence-electron chi connectivity index (χ4n) is 1.12. The normalized spacial score (nSPS) is 11.1. The van der Waals surface area contributed by atoms with E-state index in [1.54, 1.807) is 10.7 Å². The second kappa shape index (κ2) is 2.86. The standard InChI is InChI=1S/C8H7Cl2N3/c1-4-3-11-13-7(10)5(2)6(9)12-8(4)13/h3H,1-2H3. The molecule has 0 radical (unpaired) electrons. The fraction of sp³-hybridized carbons (Fsp3) is 0.250. The zero-order valence-corrected chi connectivity index (χ0v) is 8.69. The van der Waals surface area contributed by atoms with Crippen molar-refractivity contribution in [2.24, 2.45) is 0 Å². The number of fused-ring (bicyclic) bond motifs is 1. The molecule has 0 aliphatic heterocycles. The van der Waals surface area contributed by atoms with Crippen molar-refractivity contribution in [1.82, 2.24) is 14.6 Å². The van der Waals surface area contributed by atoms with Gasteiger partial charge in [0.25, 0.3) is 0 Å². The molecule has 13 heavy (non-hydrogen) atoms. The van der Waals surface area contributed by atoms with Crippen LogP contribution in [0.25, 0.3) is 5.65 Å². The molecule has 0 N–H and O–H groups in total. The summed E-state index contributed by atoms with van der Waals surface area (Å²) in [5.74, 6) is 0. The lowest BCUT2D eigenvalue weighted by Crippen LogP contribution is -1.96. The molecule has 2 aromatic heterocycles. The molecular formula is C8H7Cl2N3. The van der Waals surface area contributed by atoms with Gasteiger partial charge < -0.3 is 0 Å². The van der Waals surface area contributed by atoms with Gasteiger partial charge in [0.15, 0.2) is 5.65 Å². The average Bonchev–Trinajstić information content (AvgIpc) is 2.45. The van der Waals surface area contributed by atoms with Gasteiger partial charge >= 0.3 is 0 Å². The van der Waals surface area contributed by atoms with Gasteiger partial charge in [-0.2, -0.15) is 5.10 Å². The second-order valence-corrected chi connectivity index (χ2v) is 3.60. The van der Waals surface area contributed by atoms with Crippen LogP contribution in [0.2, 0.25) is 10.3 Å². The number of rotatable bonds is 0. The van der Waals surface area contributed by atoms with Crippen LogP contribution in [0.15, 0.2) is 6.20 Å². The Balaban J connectivity index is 2.96. The van der Waals surface area contributed by atoms with Crippen molar-refractivity contribution in [2.45, 2.75) is 13.8 Å². The van der Waals surface area contributed by atoms with Crippen molar-refractivity contribution >= 4 is 28.8 Å². The van der Waals surface area contributed by atoms with Crippen LogP contribution >= 0.6 is 23.2 Å². The molecule has 0 bridgehead atoms. The summed E-state index contributed by atoms with van der Waals surface area (Å²) >= 11 is 11.9. The first-order valence-corrected chi connectivity index (χ1v) is 4.53. The van der Waals surface area contributed by atoms with Crippen molar-refractivity contribution in [1.29, 1.82) is 0 Å². The van der Waals surface area contributed by atoms with E-state index in [1.807, 2.05) is 13.8 Å². The molecule has 0 aliphatic carbocycles. The lowest BCUT2D eigenvalue weighted by atomic mass is 10.3. The zero-order valence-electron chi connectivity index (χ0n) is 7.17. The number of hydrogen-bond donors (Lipinski definition) is 0. The molecule has 2 rings (SSSR count). The Morgan fingerprint density at radius 3 is 2.69 bits per heavy atom. The number of aryl methyl sites for hydroxylation is 1. The van der Waals surface area contributed by atoms with Gasteiger partial charge in [0, 0.05) is 11.1 Å². The molecule has 0 saturated heterocycles. The van der Waals surface area contributed by atoms with E-state index >= 15 is 0 Å². The minimum Gasteiger partial charge on any atom is -0.216 e. The molecule has 0 fully saturated rings. The maximum Gasteiger partial charge on any atom is 0.161 e. The molecular weight excluding hydrogens is 209 g/mol. The molecule has 0 aromatic carbocycles. The molecule has 0 unspecified atom stereocenters. The first kappa shape index (κ1) is 8.78. The Morgan fingerprint density at radius 1 is 1.31 bits per heavy atom. The summed E-state index contributed by atoms with van der Waals surface area (Å²) in [4.78, 5) is 4.18. The van der Waals surface area contributed by atoms with Gasteiger partial charge in [-0.1, -0.05) is 23.2 Å². The highest BCUT2D eigenvalue weighted by atomic mass is 35.5. The molecule has 68 valence electrons. The van der Waals surface area contributed by atoms with Crippen molar-refractivity contribution < 1.29 is 0 Å². The Hall–Kier alpha value is -0.800. The second-order valence-electron chi connectivity index (χ2n) is 2.88. The lowest BCUT2D eigenvalue weighted by Gasteiger charge is -2.02. The third-order valence-corrected chi connectivity index (χ3v) is 2.74. The minimum atomic E-state index is 0.432. The summed E-state index contributed by atoms with van der Waals surface area (Å²) in [5.41, 5.74) is 2.42. The number of halogens is 2. The summed E-state index contributed by atoms with van der Waals surface area (Å²) in [6, 6.07) is 0. The van der Waals surface area contributed by atoms with Gasteiger partial charge in [-0.3, -0.25) is 0 Å². The number of hydrogen-bond acceptors (Lipinski definition) is 2. The molecule has 5 heteroatoms. The van der Waals surface area contributed by atoms with Crippen molar-refractivity contribution in [2.75, 3.05) is 0 Å². The Bertz CT molecular complexity index is 476. The van der Waals surface area contributed by atoms with Crippen molar-refractivity contribution in [3.63, 3.8) is 0 Å². The summed E-state index contributed by atoms with van der Waals surface area (Å²) in [7, 11) is 0. The van der Waals surface area contributed by atoms with Crippen LogP contribution < -0.4 is 0 Å². The highest BCUT2D eigenvalue weighted by Crippen LogP contribution is 2.23. The maximum absolute atomic E-state index is 6.02. The van der Waals surface area contributed by atoms with E-state index in [2.05, 4.69) is 10.1 Å². The van der Waals surface area contributed by atoms with Crippen LogP contribution in [-0.2, 0) is 0 Å². The van der Waals surface area contributed by atoms with Gasteiger partial charge in [0.2, 0.25) is 0 Å². The summed E-state index contributed by atoms with van der Waals surface area (Å²) < 4.78 is 1.58. The van der Waals surface area contributed by atoms with Crippen LogP contribution in [0.4, 0.5) is 0 Å². The first-order chi connectivity index (χ1) is 6.11. The van der Waals surface area contributed by atoms with Crippen LogP contribution in [0.1, 0.15) is 11.1 Å². The van der Waals surface area contributed by atoms with E-state index in [0.717, 1.165) is 11.1 Å². The molecule has 0 amide bonds. The Kier molecular flexibility index (Phi) is 1.93. The third kappa shape index (κ3) is 1.19. The topological polar surface area (TPSA) is 30.2 Å². The summed E-state index contributed by atoms with van der Waals surface area (Å²) in [5, 5.41) is 5.03. The molecule has 0 spiro atoms. The smallest absolute Gasteiger partial charge is 0.161 e. The molecule has 0 atom stereocenters. The van der Waals surface area contributed by atoms with E-state index in [0.29, 0.717) is 16.0 Å². The van der Waals surface area contributed by atoms with Gasteiger partial charge in [0.1, 0.15) is 10.3 Å². The number of aromatic nitrogens is 3. The van der Waals surface area contributed by atoms with E-state index in [4.69, 9.17) is 23.2 Å². The Morgan fingerprint density at radius 2 is 2.00 bits per heavy atom. The quantitative estimate of drug-likeness (QED) is 0.633. The molecule has 3 nitrogen and oxygen atoms in total. The first-order valence-electron chi connectivity index (χ1n) is 3.77. The molecule has 0 aliphatic rings. The SMILES string of the molecule is Cc1c(Cl)nc2c(C)cnn2c1Cl. The van der Waals surface area contributed by atoms with Gasteiger partial charge in [-0.15, -0.1) is 0 Å². The van der Waals surface area contributed by atoms with E-state index in [9.17, 15) is 0 Å². The lowest BCUT2D eigenvalue weighted by molar-refractivity contribution is 0.929. The monoisotopic (exact) mass is 215 g/mol. The molecule has 0 saturated carbocycles. The van der Waals surface area contributed by atoms with Crippen molar-refractivity contribution in [3.05, 3.63) is 27.6 Å². The summed E-state index contributed by atoms with van der Waals surface area (Å²) in [6.45, 7) is 3.73. The van der Waals surface area contributed by atoms with Gasteiger partial charge in [-0.25, -0.2) is 9.50 Å². The van der Waals surface area contributed by atoms with Crippen molar-refractivity contribution in [3.8, 4) is 0 Å². The van der Waals surface area contributed by atoms with Crippen LogP contribution in [0.5, 0.6) is 0 Å². The van der Waals surface area contributed by atoms with Crippen LogP contribution in [0.3, 0.4) is 0 Å².